The molecule has 17 heavy (non-hydrogen) atoms. The molecular formula is C13H21NO2S. The fourth-order valence-electron chi connectivity index (χ4n) is 1.45. The lowest BCUT2D eigenvalue weighted by molar-refractivity contribution is 0.597. The summed E-state index contributed by atoms with van der Waals surface area (Å²) in [6.45, 7) is 6.93. The Bertz CT molecular complexity index is 435. The first-order valence-corrected chi connectivity index (χ1v) is 7.67. The third-order valence-corrected chi connectivity index (χ3v) is 4.39. The van der Waals surface area contributed by atoms with Gasteiger partial charge in [0.25, 0.3) is 0 Å². The molecule has 0 aliphatic rings. The molecule has 0 aliphatic heterocycles. The molecule has 0 aliphatic carbocycles. The number of hydrogen-bond acceptors (Lipinski definition) is 3. The van der Waals surface area contributed by atoms with Gasteiger partial charge in [0, 0.05) is 12.2 Å². The van der Waals surface area contributed by atoms with E-state index < -0.39 is 9.84 Å². The second-order valence-electron chi connectivity index (χ2n) is 4.54. The van der Waals surface area contributed by atoms with Crippen molar-refractivity contribution in [3.63, 3.8) is 0 Å². The number of anilines is 1. The van der Waals surface area contributed by atoms with E-state index in [0.29, 0.717) is 10.8 Å². The molecule has 1 aromatic carbocycles. The molecule has 0 fully saturated rings. The summed E-state index contributed by atoms with van der Waals surface area (Å²) in [6.07, 6.45) is 1.11. The maximum atomic E-state index is 11.6. The predicted molar refractivity (Wildman–Crippen MR) is 72.1 cm³/mol. The highest BCUT2D eigenvalue weighted by Crippen LogP contribution is 2.15. The second kappa shape index (κ2) is 6.05. The summed E-state index contributed by atoms with van der Waals surface area (Å²) < 4.78 is 23.2. The third-order valence-electron chi connectivity index (χ3n) is 2.64. The van der Waals surface area contributed by atoms with Crippen molar-refractivity contribution < 1.29 is 8.42 Å². The summed E-state index contributed by atoms with van der Waals surface area (Å²) in [5.74, 6) is 0.815. The van der Waals surface area contributed by atoms with E-state index in [-0.39, 0.29) is 5.75 Å². The molecular weight excluding hydrogens is 234 g/mol. The summed E-state index contributed by atoms with van der Waals surface area (Å²) in [7, 11) is -3.08. The zero-order valence-corrected chi connectivity index (χ0v) is 11.5. The highest BCUT2D eigenvalue weighted by Gasteiger charge is 2.10. The van der Waals surface area contributed by atoms with Crippen molar-refractivity contribution in [2.45, 2.75) is 32.1 Å². The van der Waals surface area contributed by atoms with Crippen LogP contribution in [0.4, 0.5) is 5.69 Å². The van der Waals surface area contributed by atoms with Crippen LogP contribution in [0.15, 0.2) is 29.2 Å². The lowest BCUT2D eigenvalue weighted by Crippen LogP contribution is -2.06. The van der Waals surface area contributed by atoms with Gasteiger partial charge in [0.1, 0.15) is 0 Å². The van der Waals surface area contributed by atoms with Crippen LogP contribution in [-0.4, -0.2) is 20.7 Å². The van der Waals surface area contributed by atoms with E-state index in [1.54, 1.807) is 19.1 Å². The van der Waals surface area contributed by atoms with Gasteiger partial charge in [0.05, 0.1) is 10.6 Å². The van der Waals surface area contributed by atoms with Gasteiger partial charge in [-0.1, -0.05) is 20.8 Å². The van der Waals surface area contributed by atoms with E-state index in [9.17, 15) is 8.42 Å². The van der Waals surface area contributed by atoms with Gasteiger partial charge in [0.15, 0.2) is 9.84 Å². The first kappa shape index (κ1) is 14.0. The Morgan fingerprint density at radius 3 is 2.24 bits per heavy atom. The Hall–Kier alpha value is -1.03. The Kier molecular flexibility index (Phi) is 5.00. The van der Waals surface area contributed by atoms with Gasteiger partial charge in [0.2, 0.25) is 0 Å². The van der Waals surface area contributed by atoms with Crippen molar-refractivity contribution in [3.8, 4) is 0 Å². The van der Waals surface area contributed by atoms with Crippen LogP contribution in [0.25, 0.3) is 0 Å². The van der Waals surface area contributed by atoms with Crippen LogP contribution in [0, 0.1) is 5.92 Å². The molecule has 0 saturated heterocycles. The molecule has 0 unspecified atom stereocenters. The Labute approximate surface area is 104 Å². The van der Waals surface area contributed by atoms with Crippen LogP contribution in [0.2, 0.25) is 0 Å². The molecule has 3 nitrogen and oxygen atoms in total. The van der Waals surface area contributed by atoms with Gasteiger partial charge in [-0.05, 0) is 36.6 Å². The number of sulfone groups is 1. The second-order valence-corrected chi connectivity index (χ2v) is 6.82. The maximum absolute atomic E-state index is 11.6. The Morgan fingerprint density at radius 2 is 1.76 bits per heavy atom. The normalized spacial score (nSPS) is 11.8. The average molecular weight is 255 g/mol. The fraction of sp³-hybridized carbons (Fsp3) is 0.538. The topological polar surface area (TPSA) is 46.2 Å². The van der Waals surface area contributed by atoms with Crippen molar-refractivity contribution in [3.05, 3.63) is 24.3 Å². The number of nitrogens with one attached hydrogen (secondary N) is 1. The molecule has 1 N–H and O–H groups in total. The minimum absolute atomic E-state index is 0.146. The predicted octanol–water partition coefficient (Wildman–Crippen LogP) is 2.94. The number of benzene rings is 1. The minimum Gasteiger partial charge on any atom is -0.385 e. The molecule has 4 heteroatoms. The molecule has 0 aromatic heterocycles. The highest BCUT2D eigenvalue weighted by molar-refractivity contribution is 7.91. The first-order chi connectivity index (χ1) is 7.95. The van der Waals surface area contributed by atoms with Gasteiger partial charge >= 0.3 is 0 Å². The summed E-state index contributed by atoms with van der Waals surface area (Å²) >= 11 is 0. The maximum Gasteiger partial charge on any atom is 0.178 e. The van der Waals surface area contributed by atoms with Crippen LogP contribution >= 0.6 is 0 Å². The molecule has 96 valence electrons. The van der Waals surface area contributed by atoms with Crippen LogP contribution in [0.3, 0.4) is 0 Å². The van der Waals surface area contributed by atoms with E-state index in [1.165, 1.54) is 0 Å². The smallest absolute Gasteiger partial charge is 0.178 e. The minimum atomic E-state index is -3.08. The van der Waals surface area contributed by atoms with E-state index >= 15 is 0 Å². The summed E-state index contributed by atoms with van der Waals surface area (Å²) in [4.78, 5) is 0.398. The SMILES string of the molecule is CCS(=O)(=O)c1ccc(NCCC(C)C)cc1. The lowest BCUT2D eigenvalue weighted by Gasteiger charge is -2.09. The monoisotopic (exact) mass is 255 g/mol. The van der Waals surface area contributed by atoms with Crippen molar-refractivity contribution in [1.82, 2.24) is 0 Å². The van der Waals surface area contributed by atoms with E-state index in [4.69, 9.17) is 0 Å². The molecule has 1 aromatic rings. The Balaban J connectivity index is 2.63. The van der Waals surface area contributed by atoms with E-state index in [1.807, 2.05) is 12.1 Å². The summed E-state index contributed by atoms with van der Waals surface area (Å²) in [6, 6.07) is 6.97. The van der Waals surface area contributed by atoms with Gasteiger partial charge in [-0.25, -0.2) is 8.42 Å². The zero-order valence-electron chi connectivity index (χ0n) is 10.7. The number of hydrogen-bond donors (Lipinski definition) is 1. The lowest BCUT2D eigenvalue weighted by atomic mass is 10.1. The molecule has 0 saturated carbocycles. The van der Waals surface area contributed by atoms with Crippen LogP contribution in [0.5, 0.6) is 0 Å². The molecule has 0 spiro atoms. The highest BCUT2D eigenvalue weighted by atomic mass is 32.2. The van der Waals surface area contributed by atoms with Crippen LogP contribution in [-0.2, 0) is 9.84 Å². The van der Waals surface area contributed by atoms with Gasteiger partial charge in [-0.15, -0.1) is 0 Å². The fourth-order valence-corrected chi connectivity index (χ4v) is 2.34. The quantitative estimate of drug-likeness (QED) is 0.850. The van der Waals surface area contributed by atoms with Gasteiger partial charge < -0.3 is 5.32 Å². The van der Waals surface area contributed by atoms with Crippen molar-refractivity contribution in [2.75, 3.05) is 17.6 Å². The molecule has 0 radical (unpaired) electrons. The molecule has 0 amide bonds. The molecule has 0 heterocycles. The third kappa shape index (κ3) is 4.38. The van der Waals surface area contributed by atoms with Crippen LogP contribution < -0.4 is 5.32 Å². The first-order valence-electron chi connectivity index (χ1n) is 6.02. The summed E-state index contributed by atoms with van der Waals surface area (Å²) in [5, 5.41) is 3.28. The van der Waals surface area contributed by atoms with Crippen molar-refractivity contribution in [1.29, 1.82) is 0 Å². The average Bonchev–Trinajstić information content (AvgIpc) is 2.29. The zero-order chi connectivity index (χ0) is 12.9. The van der Waals surface area contributed by atoms with Gasteiger partial charge in [-0.2, -0.15) is 0 Å². The van der Waals surface area contributed by atoms with Crippen LogP contribution in [0.1, 0.15) is 27.2 Å². The Morgan fingerprint density at radius 1 is 1.18 bits per heavy atom. The number of rotatable bonds is 6. The van der Waals surface area contributed by atoms with Crippen molar-refractivity contribution in [2.24, 2.45) is 5.92 Å². The van der Waals surface area contributed by atoms with Gasteiger partial charge in [-0.3, -0.25) is 0 Å². The molecule has 0 atom stereocenters. The van der Waals surface area contributed by atoms with E-state index in [0.717, 1.165) is 18.7 Å². The largest absolute Gasteiger partial charge is 0.385 e. The summed E-state index contributed by atoms with van der Waals surface area (Å²) in [5.41, 5.74) is 0.973. The molecule has 0 bridgehead atoms. The standard InChI is InChI=1S/C13H21NO2S/c1-4-17(15,16)13-7-5-12(6-8-13)14-10-9-11(2)3/h5-8,11,14H,4,9-10H2,1-3H3. The van der Waals surface area contributed by atoms with Crippen molar-refractivity contribution >= 4 is 15.5 Å². The molecule has 1 rings (SSSR count). The van der Waals surface area contributed by atoms with E-state index in [2.05, 4.69) is 19.2 Å².